The molecule has 26 heavy (non-hydrogen) atoms. The number of piperidine rings is 1. The van der Waals surface area contributed by atoms with Crippen molar-refractivity contribution < 1.29 is 19.1 Å². The van der Waals surface area contributed by atoms with Gasteiger partial charge in [0, 0.05) is 24.9 Å². The third-order valence-corrected chi connectivity index (χ3v) is 4.34. The molecule has 0 radical (unpaired) electrons. The number of aliphatic hydroxyl groups excluding tert-OH is 1. The summed E-state index contributed by atoms with van der Waals surface area (Å²) in [7, 11) is 0. The van der Waals surface area contributed by atoms with Crippen molar-refractivity contribution in [3.63, 3.8) is 0 Å². The maximum absolute atomic E-state index is 12.3. The number of carbonyl (C=O) groups excluding carboxylic acids is 2. The van der Waals surface area contributed by atoms with Crippen LogP contribution in [0.3, 0.4) is 0 Å². The Morgan fingerprint density at radius 1 is 1.19 bits per heavy atom. The van der Waals surface area contributed by atoms with Gasteiger partial charge in [0.1, 0.15) is 5.76 Å². The topological polar surface area (TPSA) is 82.8 Å². The summed E-state index contributed by atoms with van der Waals surface area (Å²) in [5.41, 5.74) is 1.56. The number of rotatable bonds is 5. The molecule has 0 bridgehead atoms. The lowest BCUT2D eigenvalue weighted by Gasteiger charge is -2.29. The van der Waals surface area contributed by atoms with Gasteiger partial charge in [-0.15, -0.1) is 0 Å². The molecule has 0 unspecified atom stereocenters. The lowest BCUT2D eigenvalue weighted by molar-refractivity contribution is -0.132. The molecule has 1 aromatic carbocycles. The van der Waals surface area contributed by atoms with Crippen molar-refractivity contribution in [2.45, 2.75) is 25.4 Å². The van der Waals surface area contributed by atoms with Crippen molar-refractivity contribution in [2.24, 2.45) is 0 Å². The van der Waals surface area contributed by atoms with Crippen LogP contribution in [-0.2, 0) is 16.0 Å². The molecule has 2 N–H and O–H groups in total. The first kappa shape index (κ1) is 17.9. The molecular formula is C20H22N2O4. The number of likely N-dealkylation sites (tertiary alicyclic amines) is 1. The van der Waals surface area contributed by atoms with E-state index in [0.29, 0.717) is 43.8 Å². The third-order valence-electron chi connectivity index (χ3n) is 4.34. The van der Waals surface area contributed by atoms with Crippen LogP contribution in [0.5, 0.6) is 0 Å². The number of nitrogens with one attached hydrogen (secondary N) is 1. The van der Waals surface area contributed by atoms with E-state index in [1.807, 2.05) is 12.1 Å². The van der Waals surface area contributed by atoms with Crippen LogP contribution in [0.25, 0.3) is 6.08 Å². The molecule has 2 aromatic rings. The normalized spacial score (nSPS) is 15.3. The summed E-state index contributed by atoms with van der Waals surface area (Å²) in [5.74, 6) is 0.423. The second-order valence-corrected chi connectivity index (χ2v) is 6.32. The van der Waals surface area contributed by atoms with Crippen molar-refractivity contribution in [2.75, 3.05) is 18.4 Å². The van der Waals surface area contributed by atoms with Crippen LogP contribution in [-0.4, -0.2) is 41.0 Å². The maximum Gasteiger partial charge on any atom is 0.248 e. The van der Waals surface area contributed by atoms with Crippen LogP contribution >= 0.6 is 0 Å². The Balaban J connectivity index is 1.50. The number of amides is 2. The molecule has 6 nitrogen and oxygen atoms in total. The Morgan fingerprint density at radius 2 is 1.92 bits per heavy atom. The minimum atomic E-state index is -0.288. The lowest BCUT2D eigenvalue weighted by atomic mass is 10.1. The molecule has 0 atom stereocenters. The van der Waals surface area contributed by atoms with E-state index in [-0.39, 0.29) is 17.9 Å². The van der Waals surface area contributed by atoms with Crippen molar-refractivity contribution in [1.82, 2.24) is 4.90 Å². The molecule has 3 rings (SSSR count). The standard InChI is InChI=1S/C20H22N2O4/c23-17-9-11-22(12-10-17)20(25)14-15-3-5-16(6-4-15)21-19(24)8-7-18-2-1-13-26-18/h1-8,13,17,23H,9-12,14H2,(H,21,24)/b8-7+. The molecule has 1 saturated heterocycles. The van der Waals surface area contributed by atoms with Crippen LogP contribution in [0, 0.1) is 0 Å². The maximum atomic E-state index is 12.3. The molecule has 0 aliphatic carbocycles. The fourth-order valence-electron chi connectivity index (χ4n) is 2.84. The molecule has 1 aliphatic heterocycles. The SMILES string of the molecule is O=C(/C=C/c1ccco1)Nc1ccc(CC(=O)N2CCC(O)CC2)cc1. The summed E-state index contributed by atoms with van der Waals surface area (Å²) >= 11 is 0. The Kier molecular flexibility index (Phi) is 5.86. The van der Waals surface area contributed by atoms with Crippen molar-refractivity contribution in [3.05, 3.63) is 60.1 Å². The average Bonchev–Trinajstić information content (AvgIpc) is 3.16. The Morgan fingerprint density at radius 3 is 2.58 bits per heavy atom. The molecule has 1 fully saturated rings. The first-order valence-corrected chi connectivity index (χ1v) is 8.67. The Labute approximate surface area is 152 Å². The molecule has 1 aromatic heterocycles. The van der Waals surface area contributed by atoms with Crippen LogP contribution in [0.15, 0.2) is 53.2 Å². The fourth-order valence-corrected chi connectivity index (χ4v) is 2.84. The average molecular weight is 354 g/mol. The zero-order chi connectivity index (χ0) is 18.4. The minimum absolute atomic E-state index is 0.0649. The van der Waals surface area contributed by atoms with Crippen molar-refractivity contribution in [3.8, 4) is 0 Å². The second-order valence-electron chi connectivity index (χ2n) is 6.32. The summed E-state index contributed by atoms with van der Waals surface area (Å²) in [4.78, 5) is 26.0. The summed E-state index contributed by atoms with van der Waals surface area (Å²) in [5, 5.41) is 12.3. The molecule has 2 amide bonds. The minimum Gasteiger partial charge on any atom is -0.465 e. The molecule has 0 saturated carbocycles. The number of benzene rings is 1. The van der Waals surface area contributed by atoms with E-state index in [9.17, 15) is 14.7 Å². The Bertz CT molecular complexity index is 758. The van der Waals surface area contributed by atoms with E-state index < -0.39 is 0 Å². The van der Waals surface area contributed by atoms with Gasteiger partial charge in [-0.2, -0.15) is 0 Å². The van der Waals surface area contributed by atoms with Crippen LogP contribution in [0.1, 0.15) is 24.2 Å². The molecule has 6 heteroatoms. The number of carbonyl (C=O) groups is 2. The zero-order valence-corrected chi connectivity index (χ0v) is 14.4. The van der Waals surface area contributed by atoms with E-state index in [1.54, 1.807) is 41.5 Å². The summed E-state index contributed by atoms with van der Waals surface area (Å²) in [6.07, 6.45) is 5.86. The van der Waals surface area contributed by atoms with Gasteiger partial charge in [-0.1, -0.05) is 12.1 Å². The van der Waals surface area contributed by atoms with Crippen LogP contribution < -0.4 is 5.32 Å². The number of aliphatic hydroxyl groups is 1. The number of hydrogen-bond donors (Lipinski definition) is 2. The first-order valence-electron chi connectivity index (χ1n) is 8.67. The van der Waals surface area contributed by atoms with Gasteiger partial charge in [-0.05, 0) is 48.7 Å². The van der Waals surface area contributed by atoms with Gasteiger partial charge < -0.3 is 19.7 Å². The second kappa shape index (κ2) is 8.49. The van der Waals surface area contributed by atoms with Gasteiger partial charge in [-0.25, -0.2) is 0 Å². The summed E-state index contributed by atoms with van der Waals surface area (Å²) < 4.78 is 5.13. The quantitative estimate of drug-likeness (QED) is 0.808. The number of anilines is 1. The Hall–Kier alpha value is -2.86. The van der Waals surface area contributed by atoms with E-state index in [2.05, 4.69) is 5.32 Å². The van der Waals surface area contributed by atoms with Gasteiger partial charge in [0.15, 0.2) is 0 Å². The lowest BCUT2D eigenvalue weighted by Crippen LogP contribution is -2.40. The van der Waals surface area contributed by atoms with Gasteiger partial charge in [-0.3, -0.25) is 9.59 Å². The predicted octanol–water partition coefficient (Wildman–Crippen LogP) is 2.46. The van der Waals surface area contributed by atoms with E-state index >= 15 is 0 Å². The van der Waals surface area contributed by atoms with E-state index in [1.165, 1.54) is 6.08 Å². The highest BCUT2D eigenvalue weighted by molar-refractivity contribution is 6.01. The highest BCUT2D eigenvalue weighted by Crippen LogP contribution is 2.14. The molecule has 2 heterocycles. The number of furan rings is 1. The van der Waals surface area contributed by atoms with Crippen LogP contribution in [0.4, 0.5) is 5.69 Å². The molecule has 0 spiro atoms. The molecule has 136 valence electrons. The summed E-state index contributed by atoms with van der Waals surface area (Å²) in [6.45, 7) is 1.21. The van der Waals surface area contributed by atoms with Crippen molar-refractivity contribution in [1.29, 1.82) is 0 Å². The predicted molar refractivity (Wildman–Crippen MR) is 98.3 cm³/mol. The van der Waals surface area contributed by atoms with E-state index in [0.717, 1.165) is 5.56 Å². The highest BCUT2D eigenvalue weighted by Gasteiger charge is 2.21. The third kappa shape index (κ3) is 5.07. The van der Waals surface area contributed by atoms with Gasteiger partial charge in [0.2, 0.25) is 11.8 Å². The molecular weight excluding hydrogens is 332 g/mol. The van der Waals surface area contributed by atoms with Crippen molar-refractivity contribution >= 4 is 23.6 Å². The van der Waals surface area contributed by atoms with Gasteiger partial charge in [0.05, 0.1) is 18.8 Å². The largest absolute Gasteiger partial charge is 0.465 e. The highest BCUT2D eigenvalue weighted by atomic mass is 16.3. The van der Waals surface area contributed by atoms with Gasteiger partial charge in [0.25, 0.3) is 0 Å². The molecule has 1 aliphatic rings. The first-order chi connectivity index (χ1) is 12.6. The number of nitrogens with zero attached hydrogens (tertiary/aromatic N) is 1. The fraction of sp³-hybridized carbons (Fsp3) is 0.300. The smallest absolute Gasteiger partial charge is 0.248 e. The van der Waals surface area contributed by atoms with Crippen LogP contribution in [0.2, 0.25) is 0 Å². The van der Waals surface area contributed by atoms with Gasteiger partial charge >= 0.3 is 0 Å². The summed E-state index contributed by atoms with van der Waals surface area (Å²) in [6, 6.07) is 10.7. The van der Waals surface area contributed by atoms with E-state index in [4.69, 9.17) is 4.42 Å². The number of hydrogen-bond acceptors (Lipinski definition) is 4. The monoisotopic (exact) mass is 354 g/mol. The zero-order valence-electron chi connectivity index (χ0n) is 14.4.